The average molecular weight is 633 g/mol. The highest BCUT2D eigenvalue weighted by molar-refractivity contribution is 5.31. The highest BCUT2D eigenvalue weighted by atomic mass is 19.4. The Morgan fingerprint density at radius 3 is 0.895 bits per heavy atom. The summed E-state index contributed by atoms with van der Waals surface area (Å²) >= 11 is 0. The van der Waals surface area contributed by atoms with Crippen LogP contribution in [-0.4, -0.2) is 76.6 Å². The predicted molar refractivity (Wildman–Crippen MR) is 62.3 cm³/mol. The summed E-state index contributed by atoms with van der Waals surface area (Å²) in [6.07, 6.45) is -25.7. The summed E-state index contributed by atoms with van der Waals surface area (Å²) in [5.41, 5.74) is -8.94. The van der Waals surface area contributed by atoms with Gasteiger partial charge in [0.2, 0.25) is 0 Å². The van der Waals surface area contributed by atoms with Crippen LogP contribution in [0, 0.1) is 0 Å². The maximum absolute atomic E-state index is 14.6. The molecular weight excluding hydrogens is 633 g/mol. The second-order valence-electron chi connectivity index (χ2n) is 7.07. The van der Waals surface area contributed by atoms with E-state index < -0.39 is 76.6 Å². The molecule has 0 spiro atoms. The SMILES string of the molecule is FC(F)(F)N(C(F)(F)C(F)(F)C(F)(F)C(F)(F)F)C1(F)C(F)(F)C(F)(F)C(F)(C(F)(F)F)C(F)(F)C1(F)F. The van der Waals surface area contributed by atoms with Gasteiger partial charge in [0.25, 0.3) is 0 Å². The first-order chi connectivity index (χ1) is 15.9. The molecule has 0 bridgehead atoms. The van der Waals surface area contributed by atoms with Crippen molar-refractivity contribution in [2.75, 3.05) is 0 Å². The fraction of sp³-hybridized carbons (Fsp3) is 1.00. The van der Waals surface area contributed by atoms with Crippen molar-refractivity contribution >= 4 is 0 Å². The van der Waals surface area contributed by atoms with E-state index in [0.717, 1.165) is 0 Å². The molecule has 0 aromatic heterocycles. The number of rotatable bonds is 4. The number of alkyl halides is 25. The van der Waals surface area contributed by atoms with Gasteiger partial charge in [0.05, 0.1) is 0 Å². The summed E-state index contributed by atoms with van der Waals surface area (Å²) in [5, 5.41) is 0. The Hall–Kier alpha value is -1.79. The van der Waals surface area contributed by atoms with Gasteiger partial charge in [0.15, 0.2) is 0 Å². The molecule has 0 N–H and O–H groups in total. The molecule has 0 saturated heterocycles. The fourth-order valence-corrected chi connectivity index (χ4v) is 2.91. The van der Waals surface area contributed by atoms with E-state index in [1.165, 1.54) is 0 Å². The summed E-state index contributed by atoms with van der Waals surface area (Å²) in [7, 11) is 0. The van der Waals surface area contributed by atoms with Crippen LogP contribution in [0.2, 0.25) is 0 Å². The van der Waals surface area contributed by atoms with E-state index >= 15 is 0 Å². The molecule has 1 saturated carbocycles. The van der Waals surface area contributed by atoms with Crippen molar-refractivity contribution in [3.8, 4) is 0 Å². The minimum Gasteiger partial charge on any atom is -0.219 e. The average Bonchev–Trinajstić information content (AvgIpc) is 2.61. The van der Waals surface area contributed by atoms with E-state index in [0.29, 0.717) is 0 Å². The first kappa shape index (κ1) is 34.2. The topological polar surface area (TPSA) is 3.24 Å². The smallest absolute Gasteiger partial charge is 0.219 e. The summed E-state index contributed by atoms with van der Waals surface area (Å²) in [4.78, 5) is -5.69. The first-order valence-electron chi connectivity index (χ1n) is 7.90. The minimum atomic E-state index is -9.58. The van der Waals surface area contributed by atoms with Gasteiger partial charge >= 0.3 is 71.7 Å². The maximum Gasteiger partial charge on any atom is 0.467 e. The summed E-state index contributed by atoms with van der Waals surface area (Å²) in [6.45, 7) is 0. The van der Waals surface area contributed by atoms with Gasteiger partial charge in [-0.15, -0.1) is 4.90 Å². The van der Waals surface area contributed by atoms with Gasteiger partial charge in [-0.2, -0.15) is 101 Å². The molecule has 1 rings (SSSR count). The van der Waals surface area contributed by atoms with Crippen LogP contribution in [0.4, 0.5) is 110 Å². The summed E-state index contributed by atoms with van der Waals surface area (Å²) < 4.78 is 331. The van der Waals surface area contributed by atoms with E-state index in [4.69, 9.17) is 0 Å². The molecule has 0 aromatic carbocycles. The Morgan fingerprint density at radius 1 is 0.395 bits per heavy atom. The molecule has 38 heavy (non-hydrogen) atoms. The van der Waals surface area contributed by atoms with Gasteiger partial charge in [-0.25, -0.2) is 8.78 Å². The van der Waals surface area contributed by atoms with E-state index in [-0.39, 0.29) is 0 Å². The number of halogens is 25. The Bertz CT molecular complexity index is 886. The van der Waals surface area contributed by atoms with Crippen LogP contribution in [0.25, 0.3) is 0 Å². The van der Waals surface area contributed by atoms with Crippen LogP contribution < -0.4 is 0 Å². The molecule has 0 aromatic rings. The summed E-state index contributed by atoms with van der Waals surface area (Å²) in [6, 6.07) is -9.44. The molecule has 1 aliphatic rings. The van der Waals surface area contributed by atoms with Gasteiger partial charge in [-0.1, -0.05) is 0 Å². The van der Waals surface area contributed by atoms with Crippen molar-refractivity contribution < 1.29 is 110 Å². The monoisotopic (exact) mass is 633 g/mol. The largest absolute Gasteiger partial charge is 0.467 e. The second kappa shape index (κ2) is 7.69. The minimum absolute atomic E-state index is 5.69. The first-order valence-corrected chi connectivity index (χ1v) is 7.90. The Balaban J connectivity index is 4.44. The maximum atomic E-state index is 14.6. The van der Waals surface area contributed by atoms with Gasteiger partial charge < -0.3 is 0 Å². The van der Waals surface area contributed by atoms with Gasteiger partial charge in [-0.3, -0.25) is 0 Å². The normalized spacial score (nSPS) is 30.5. The Kier molecular flexibility index (Phi) is 6.93. The predicted octanol–water partition coefficient (Wildman–Crippen LogP) is 7.73. The van der Waals surface area contributed by atoms with Gasteiger partial charge in [-0.05, 0) is 0 Å². The number of hydrogen-bond donors (Lipinski definition) is 0. The van der Waals surface area contributed by atoms with Crippen molar-refractivity contribution in [1.29, 1.82) is 0 Å². The molecule has 0 heterocycles. The molecule has 0 atom stereocenters. The standard InChI is InChI=1S/C12F25N/c13-1(9(27,28)29)2(14,15)4(18,19)8(26,5(20,21)3(1,16)17)38(12(35,36)37)11(33,34)7(24,25)6(22,23)10(30,31)32. The highest BCUT2D eigenvalue weighted by Crippen LogP contribution is 2.74. The molecule has 26 heteroatoms. The second-order valence-corrected chi connectivity index (χ2v) is 7.07. The van der Waals surface area contributed by atoms with Gasteiger partial charge in [0.1, 0.15) is 0 Å². The van der Waals surface area contributed by atoms with E-state index in [1.54, 1.807) is 0 Å². The molecule has 1 nitrogen and oxygen atoms in total. The Morgan fingerprint density at radius 2 is 0.684 bits per heavy atom. The lowest BCUT2D eigenvalue weighted by Crippen LogP contribution is -2.93. The number of nitrogens with zero attached hydrogens (tertiary/aromatic N) is 1. The molecule has 0 unspecified atom stereocenters. The lowest BCUT2D eigenvalue weighted by Gasteiger charge is -2.58. The molecule has 0 radical (unpaired) electrons. The molecule has 1 fully saturated rings. The highest BCUT2D eigenvalue weighted by Gasteiger charge is 3.08. The van der Waals surface area contributed by atoms with Crippen molar-refractivity contribution in [2.45, 2.75) is 71.7 Å². The van der Waals surface area contributed by atoms with Crippen LogP contribution in [-0.2, 0) is 0 Å². The van der Waals surface area contributed by atoms with Crippen molar-refractivity contribution in [3.63, 3.8) is 0 Å². The van der Waals surface area contributed by atoms with Crippen LogP contribution in [0.15, 0.2) is 0 Å². The molecule has 0 aliphatic heterocycles. The van der Waals surface area contributed by atoms with E-state index in [2.05, 4.69) is 0 Å². The van der Waals surface area contributed by atoms with Crippen LogP contribution >= 0.6 is 0 Å². The van der Waals surface area contributed by atoms with Gasteiger partial charge in [0, 0.05) is 0 Å². The Labute approximate surface area is 188 Å². The van der Waals surface area contributed by atoms with Crippen LogP contribution in [0.5, 0.6) is 0 Å². The van der Waals surface area contributed by atoms with E-state index in [1.807, 2.05) is 0 Å². The molecule has 0 amide bonds. The zero-order valence-corrected chi connectivity index (χ0v) is 15.9. The molecule has 228 valence electrons. The van der Waals surface area contributed by atoms with Crippen molar-refractivity contribution in [1.82, 2.24) is 4.90 Å². The van der Waals surface area contributed by atoms with Crippen molar-refractivity contribution in [2.24, 2.45) is 0 Å². The third-order valence-electron chi connectivity index (χ3n) is 4.85. The molecule has 1 aliphatic carbocycles. The summed E-state index contributed by atoms with van der Waals surface area (Å²) in [5.74, 6) is -64.7. The van der Waals surface area contributed by atoms with Crippen LogP contribution in [0.3, 0.4) is 0 Å². The third-order valence-corrected chi connectivity index (χ3v) is 4.85. The van der Waals surface area contributed by atoms with Crippen LogP contribution in [0.1, 0.15) is 0 Å². The quantitative estimate of drug-likeness (QED) is 0.227. The lowest BCUT2D eigenvalue weighted by atomic mass is 9.69. The molecular formula is C12F25N. The zero-order chi connectivity index (χ0) is 31.6. The van der Waals surface area contributed by atoms with Crippen molar-refractivity contribution in [3.05, 3.63) is 0 Å². The van der Waals surface area contributed by atoms with E-state index in [9.17, 15) is 110 Å². The number of hydrogen-bond acceptors (Lipinski definition) is 1. The fourth-order valence-electron chi connectivity index (χ4n) is 2.91. The lowest BCUT2D eigenvalue weighted by molar-refractivity contribution is -0.558. The zero-order valence-electron chi connectivity index (χ0n) is 15.9. The third kappa shape index (κ3) is 3.34.